The number of benzene rings is 2. The molecule has 0 unspecified atom stereocenters. The first-order valence-electron chi connectivity index (χ1n) is 15.9. The SMILES string of the molecule is CCCCC[C@](C)(C(=O)O)c1ccc2c(N(CC3(SN=O)CCCCC3)CC3(SN=O)CCCCC3)c(OC)ccc2c1. The summed E-state index contributed by atoms with van der Waals surface area (Å²) in [6.45, 7) is 5.16. The highest BCUT2D eigenvalue weighted by Gasteiger charge is 2.42. The monoisotopic (exact) mass is 629 g/mol. The average Bonchev–Trinajstić information content (AvgIpc) is 3.01. The number of unbranched alkanes of at least 4 members (excludes halogenated alkanes) is 2. The van der Waals surface area contributed by atoms with Crippen molar-refractivity contribution in [3.63, 3.8) is 0 Å². The van der Waals surface area contributed by atoms with Crippen LogP contribution in [0.4, 0.5) is 5.69 Å². The zero-order valence-corrected chi connectivity index (χ0v) is 27.6. The van der Waals surface area contributed by atoms with Gasteiger partial charge in [-0.2, -0.15) is 0 Å². The summed E-state index contributed by atoms with van der Waals surface area (Å²) in [7, 11) is 1.67. The van der Waals surface area contributed by atoms with Crippen molar-refractivity contribution >= 4 is 46.3 Å². The minimum Gasteiger partial charge on any atom is -0.495 e. The molecule has 43 heavy (non-hydrogen) atoms. The Kier molecular flexibility index (Phi) is 11.8. The van der Waals surface area contributed by atoms with Gasteiger partial charge in [0.05, 0.1) is 27.7 Å². The van der Waals surface area contributed by atoms with Crippen LogP contribution in [0.1, 0.15) is 109 Å². The molecule has 236 valence electrons. The third kappa shape index (κ3) is 7.67. The average molecular weight is 630 g/mol. The quantitative estimate of drug-likeness (QED) is 0.111. The molecule has 4 rings (SSSR count). The maximum atomic E-state index is 12.6. The van der Waals surface area contributed by atoms with Crippen LogP contribution in [-0.2, 0) is 10.2 Å². The van der Waals surface area contributed by atoms with Crippen LogP contribution in [0.25, 0.3) is 10.8 Å². The van der Waals surface area contributed by atoms with Crippen molar-refractivity contribution < 1.29 is 14.6 Å². The smallest absolute Gasteiger partial charge is 0.313 e. The van der Waals surface area contributed by atoms with Gasteiger partial charge in [0.2, 0.25) is 0 Å². The van der Waals surface area contributed by atoms with E-state index in [0.717, 1.165) is 129 Å². The van der Waals surface area contributed by atoms with E-state index in [9.17, 15) is 19.7 Å². The predicted molar refractivity (Wildman–Crippen MR) is 180 cm³/mol. The number of carboxylic acid groups (broad SMARTS) is 1. The van der Waals surface area contributed by atoms with E-state index in [1.54, 1.807) is 7.11 Å². The highest BCUT2D eigenvalue weighted by molar-refractivity contribution is 7.99. The Bertz CT molecular complexity index is 1230. The normalized spacial score (nSPS) is 19.3. The predicted octanol–water partition coefficient (Wildman–Crippen LogP) is 9.81. The lowest BCUT2D eigenvalue weighted by molar-refractivity contribution is -0.143. The number of hydrogen-bond donors (Lipinski definition) is 1. The molecular formula is C33H47N3O5S2. The Morgan fingerprint density at radius 1 is 0.930 bits per heavy atom. The van der Waals surface area contributed by atoms with E-state index < -0.39 is 11.4 Å². The van der Waals surface area contributed by atoms with Gasteiger partial charge in [0, 0.05) is 51.5 Å². The molecular weight excluding hydrogens is 583 g/mol. The summed E-state index contributed by atoms with van der Waals surface area (Å²) in [5.41, 5.74) is 0.725. The Balaban J connectivity index is 1.85. The van der Waals surface area contributed by atoms with E-state index in [1.807, 2.05) is 37.3 Å². The summed E-state index contributed by atoms with van der Waals surface area (Å²) in [6.07, 6.45) is 13.6. The van der Waals surface area contributed by atoms with Crippen molar-refractivity contribution in [3.8, 4) is 5.75 Å². The summed E-state index contributed by atoms with van der Waals surface area (Å²) < 4.78 is 12.0. The lowest BCUT2D eigenvalue weighted by Crippen LogP contribution is -2.49. The van der Waals surface area contributed by atoms with Crippen LogP contribution in [0.15, 0.2) is 39.5 Å². The Morgan fingerprint density at radius 3 is 2.00 bits per heavy atom. The van der Waals surface area contributed by atoms with Crippen LogP contribution < -0.4 is 9.64 Å². The fourth-order valence-corrected chi connectivity index (χ4v) is 8.93. The summed E-state index contributed by atoms with van der Waals surface area (Å²) >= 11 is 2.33. The second kappa shape index (κ2) is 15.1. The van der Waals surface area contributed by atoms with Gasteiger partial charge in [-0.05, 0) is 62.1 Å². The van der Waals surface area contributed by atoms with Crippen LogP contribution in [0.5, 0.6) is 5.75 Å². The molecule has 2 aromatic rings. The number of hydrogen-bond acceptors (Lipinski definition) is 9. The third-order valence-electron chi connectivity index (χ3n) is 9.83. The first-order chi connectivity index (χ1) is 20.8. The number of nitroso groups, excluding NO2 is 2. The van der Waals surface area contributed by atoms with E-state index >= 15 is 0 Å². The largest absolute Gasteiger partial charge is 0.495 e. The maximum absolute atomic E-state index is 12.6. The van der Waals surface area contributed by atoms with Crippen molar-refractivity contribution in [3.05, 3.63) is 45.7 Å². The lowest BCUT2D eigenvalue weighted by atomic mass is 9.77. The number of carbonyl (C=O) groups is 1. The summed E-state index contributed by atoms with van der Waals surface area (Å²) in [5, 5.41) is 12.2. The number of fused-ring (bicyclic) bond motifs is 1. The first kappa shape index (κ1) is 33.6. The number of methoxy groups -OCH3 is 1. The van der Waals surface area contributed by atoms with Gasteiger partial charge in [0.15, 0.2) is 0 Å². The number of anilines is 1. The molecule has 0 amide bonds. The number of rotatable bonds is 16. The molecule has 2 fully saturated rings. The molecule has 2 aromatic carbocycles. The molecule has 0 bridgehead atoms. The molecule has 10 heteroatoms. The Morgan fingerprint density at radius 2 is 1.51 bits per heavy atom. The minimum absolute atomic E-state index is 0.330. The number of aliphatic carboxylic acids is 1. The van der Waals surface area contributed by atoms with Crippen molar-refractivity contribution in [1.82, 2.24) is 0 Å². The molecule has 0 spiro atoms. The van der Waals surface area contributed by atoms with Crippen LogP contribution in [-0.4, -0.2) is 40.8 Å². The summed E-state index contributed by atoms with van der Waals surface area (Å²) in [4.78, 5) is 38.4. The molecule has 0 aliphatic heterocycles. The third-order valence-corrected chi connectivity index (χ3v) is 11.8. The van der Waals surface area contributed by atoms with Crippen LogP contribution in [0, 0.1) is 9.81 Å². The standard InChI is InChI=1S/C33H47N3O5S2/c1-4-5-8-17-31(2,30(37)38)26-14-15-27-25(22-26)13-16-28(41-3)29(27)36(23-32(42-34-39)18-9-6-10-19-32)24-33(43-35-40)20-11-7-12-21-33/h13-16,22H,4-12,17-21,23-24H2,1-3H3,(H,37,38)/t31-/m0/s1. The van der Waals surface area contributed by atoms with Gasteiger partial charge in [-0.25, -0.2) is 0 Å². The van der Waals surface area contributed by atoms with Gasteiger partial charge in [0.25, 0.3) is 0 Å². The molecule has 1 N–H and O–H groups in total. The minimum atomic E-state index is -0.986. The van der Waals surface area contributed by atoms with E-state index in [2.05, 4.69) is 21.0 Å². The second-order valence-corrected chi connectivity index (χ2v) is 15.2. The van der Waals surface area contributed by atoms with Crippen LogP contribution in [0.2, 0.25) is 0 Å². The highest BCUT2D eigenvalue weighted by atomic mass is 32.2. The van der Waals surface area contributed by atoms with Gasteiger partial charge < -0.3 is 14.7 Å². The number of ether oxygens (including phenoxy) is 1. The van der Waals surface area contributed by atoms with E-state index in [1.165, 1.54) is 0 Å². The fourth-order valence-electron chi connectivity index (χ4n) is 7.25. The summed E-state index contributed by atoms with van der Waals surface area (Å²) in [6, 6.07) is 9.98. The maximum Gasteiger partial charge on any atom is 0.313 e. The molecule has 1 atom stereocenters. The molecule has 2 aliphatic rings. The van der Waals surface area contributed by atoms with Crippen molar-refractivity contribution in [1.29, 1.82) is 0 Å². The Hall–Kier alpha value is -2.33. The van der Waals surface area contributed by atoms with E-state index in [-0.39, 0.29) is 9.49 Å². The zero-order valence-electron chi connectivity index (χ0n) is 25.9. The molecule has 0 saturated heterocycles. The Labute approximate surface area is 264 Å². The van der Waals surface area contributed by atoms with Gasteiger partial charge in [-0.15, -0.1) is 9.81 Å². The van der Waals surface area contributed by atoms with Crippen molar-refractivity contribution in [2.75, 3.05) is 25.1 Å². The molecule has 2 aliphatic carbocycles. The van der Waals surface area contributed by atoms with Crippen molar-refractivity contribution in [2.24, 2.45) is 9.16 Å². The van der Waals surface area contributed by atoms with E-state index in [0.29, 0.717) is 25.3 Å². The molecule has 2 saturated carbocycles. The van der Waals surface area contributed by atoms with Crippen molar-refractivity contribution in [2.45, 2.75) is 119 Å². The molecule has 0 heterocycles. The highest BCUT2D eigenvalue weighted by Crippen LogP contribution is 2.48. The molecule has 8 nitrogen and oxygen atoms in total. The lowest BCUT2D eigenvalue weighted by Gasteiger charge is -2.44. The zero-order chi connectivity index (χ0) is 30.9. The van der Waals surface area contributed by atoms with Gasteiger partial charge >= 0.3 is 5.97 Å². The topological polar surface area (TPSA) is 109 Å². The number of carboxylic acids is 1. The molecule has 0 aromatic heterocycles. The fraction of sp³-hybridized carbons (Fsp3) is 0.667. The number of nitrogens with zero attached hydrogens (tertiary/aromatic N) is 3. The van der Waals surface area contributed by atoms with Crippen LogP contribution in [0.3, 0.4) is 0 Å². The first-order valence-corrected chi connectivity index (χ1v) is 17.4. The summed E-state index contributed by atoms with van der Waals surface area (Å²) in [5.74, 6) is -0.0946. The van der Waals surface area contributed by atoms with Gasteiger partial charge in [-0.1, -0.05) is 82.9 Å². The molecule has 0 radical (unpaired) electrons. The van der Waals surface area contributed by atoms with Gasteiger partial charge in [-0.3, -0.25) is 4.79 Å². The van der Waals surface area contributed by atoms with Crippen LogP contribution >= 0.6 is 23.9 Å². The second-order valence-electron chi connectivity index (χ2n) is 12.8. The van der Waals surface area contributed by atoms with Gasteiger partial charge in [0.1, 0.15) is 5.75 Å². The van der Waals surface area contributed by atoms with E-state index in [4.69, 9.17) is 4.74 Å².